The summed E-state index contributed by atoms with van der Waals surface area (Å²) in [5.41, 5.74) is 0. The summed E-state index contributed by atoms with van der Waals surface area (Å²) >= 11 is 1.40. The maximum Gasteiger partial charge on any atom is 0.261 e. The van der Waals surface area contributed by atoms with E-state index in [0.717, 1.165) is 19.6 Å². The van der Waals surface area contributed by atoms with Crippen molar-refractivity contribution in [3.63, 3.8) is 0 Å². The summed E-state index contributed by atoms with van der Waals surface area (Å²) in [5, 5.41) is 10.9. The number of piperidine rings is 1. The molecule has 0 spiro atoms. The van der Waals surface area contributed by atoms with E-state index in [0.29, 0.717) is 23.8 Å². The van der Waals surface area contributed by atoms with Gasteiger partial charge in [0.05, 0.1) is 4.88 Å². The Balaban J connectivity index is 1.57. The van der Waals surface area contributed by atoms with E-state index in [1.54, 1.807) is 6.07 Å². The molecule has 1 unspecified atom stereocenters. The Kier molecular flexibility index (Phi) is 6.01. The Labute approximate surface area is 123 Å². The molecule has 2 rings (SSSR count). The van der Waals surface area contributed by atoms with Crippen molar-refractivity contribution in [2.45, 2.75) is 19.3 Å². The lowest BCUT2D eigenvalue weighted by molar-refractivity contribution is -0.121. The number of carbonyl (C=O) groups excluding carboxylic acids is 2. The molecule has 1 aromatic heterocycles. The maximum absolute atomic E-state index is 11.7. The van der Waals surface area contributed by atoms with Crippen LogP contribution in [-0.2, 0) is 4.79 Å². The molecule has 1 aliphatic heterocycles. The predicted molar refractivity (Wildman–Crippen MR) is 79.9 cm³/mol. The third-order valence-electron chi connectivity index (χ3n) is 3.37. The van der Waals surface area contributed by atoms with E-state index in [4.69, 9.17) is 0 Å². The number of nitrogens with one attached hydrogen (secondary N) is 3. The number of rotatable bonds is 6. The van der Waals surface area contributed by atoms with E-state index in [1.807, 2.05) is 11.4 Å². The van der Waals surface area contributed by atoms with Crippen molar-refractivity contribution in [2.75, 3.05) is 26.2 Å². The highest BCUT2D eigenvalue weighted by Crippen LogP contribution is 2.08. The first kappa shape index (κ1) is 15.0. The zero-order valence-corrected chi connectivity index (χ0v) is 12.3. The van der Waals surface area contributed by atoms with Gasteiger partial charge in [0, 0.05) is 19.5 Å². The van der Waals surface area contributed by atoms with Crippen LogP contribution in [0.2, 0.25) is 0 Å². The zero-order valence-electron chi connectivity index (χ0n) is 11.5. The van der Waals surface area contributed by atoms with Crippen molar-refractivity contribution in [1.82, 2.24) is 16.0 Å². The normalized spacial score (nSPS) is 18.5. The average molecular weight is 295 g/mol. The topological polar surface area (TPSA) is 70.2 Å². The molecule has 1 aliphatic rings. The van der Waals surface area contributed by atoms with Gasteiger partial charge in [-0.1, -0.05) is 6.07 Å². The second-order valence-corrected chi connectivity index (χ2v) is 5.95. The monoisotopic (exact) mass is 295 g/mol. The van der Waals surface area contributed by atoms with Crippen molar-refractivity contribution in [2.24, 2.45) is 5.92 Å². The molecule has 1 aromatic rings. The van der Waals surface area contributed by atoms with Crippen LogP contribution in [0.25, 0.3) is 0 Å². The summed E-state index contributed by atoms with van der Waals surface area (Å²) in [6, 6.07) is 3.61. The van der Waals surface area contributed by atoms with Gasteiger partial charge < -0.3 is 16.0 Å². The van der Waals surface area contributed by atoms with Crippen molar-refractivity contribution < 1.29 is 9.59 Å². The Hall–Kier alpha value is -1.40. The van der Waals surface area contributed by atoms with Crippen molar-refractivity contribution in [3.8, 4) is 0 Å². The summed E-state index contributed by atoms with van der Waals surface area (Å²) in [7, 11) is 0. The first-order valence-corrected chi connectivity index (χ1v) is 7.93. The SMILES string of the molecule is O=C(CCNC(=O)c1cccs1)NCC1CCCNC1. The van der Waals surface area contributed by atoms with E-state index in [9.17, 15) is 9.59 Å². The molecule has 1 saturated heterocycles. The van der Waals surface area contributed by atoms with Gasteiger partial charge in [0.2, 0.25) is 5.91 Å². The lowest BCUT2D eigenvalue weighted by atomic mass is 10.00. The first-order valence-electron chi connectivity index (χ1n) is 7.05. The summed E-state index contributed by atoms with van der Waals surface area (Å²) in [6.45, 7) is 3.17. The zero-order chi connectivity index (χ0) is 14.2. The van der Waals surface area contributed by atoms with Gasteiger partial charge in [-0.25, -0.2) is 0 Å². The number of amides is 2. The molecular formula is C14H21N3O2S. The smallest absolute Gasteiger partial charge is 0.261 e. The van der Waals surface area contributed by atoms with Crippen LogP contribution in [0.15, 0.2) is 17.5 Å². The molecule has 0 radical (unpaired) electrons. The van der Waals surface area contributed by atoms with E-state index in [2.05, 4.69) is 16.0 Å². The fraction of sp³-hybridized carbons (Fsp3) is 0.571. The first-order chi connectivity index (χ1) is 9.75. The molecule has 2 amide bonds. The third kappa shape index (κ3) is 4.94. The maximum atomic E-state index is 11.7. The van der Waals surface area contributed by atoms with Gasteiger partial charge in [-0.3, -0.25) is 9.59 Å². The second kappa shape index (κ2) is 8.01. The molecular weight excluding hydrogens is 274 g/mol. The molecule has 0 aliphatic carbocycles. The molecule has 5 nitrogen and oxygen atoms in total. The summed E-state index contributed by atoms with van der Waals surface area (Å²) in [6.07, 6.45) is 2.68. The fourth-order valence-electron chi connectivity index (χ4n) is 2.23. The van der Waals surface area contributed by atoms with E-state index < -0.39 is 0 Å². The van der Waals surface area contributed by atoms with E-state index in [-0.39, 0.29) is 11.8 Å². The average Bonchev–Trinajstić information content (AvgIpc) is 3.00. The van der Waals surface area contributed by atoms with Crippen LogP contribution in [0.1, 0.15) is 28.9 Å². The van der Waals surface area contributed by atoms with Crippen LogP contribution in [-0.4, -0.2) is 38.0 Å². The fourth-order valence-corrected chi connectivity index (χ4v) is 2.87. The molecule has 110 valence electrons. The van der Waals surface area contributed by atoms with Gasteiger partial charge in [0.25, 0.3) is 5.91 Å². The van der Waals surface area contributed by atoms with Crippen LogP contribution < -0.4 is 16.0 Å². The minimum absolute atomic E-state index is 0.00190. The molecule has 0 saturated carbocycles. The number of thiophene rings is 1. The van der Waals surface area contributed by atoms with E-state index >= 15 is 0 Å². The standard InChI is InChI=1S/C14H21N3O2S/c18-13(17-10-11-3-1-6-15-9-11)5-7-16-14(19)12-4-2-8-20-12/h2,4,8,11,15H,1,3,5-7,9-10H2,(H,16,19)(H,17,18). The molecule has 2 heterocycles. The number of hydrogen-bond acceptors (Lipinski definition) is 4. The van der Waals surface area contributed by atoms with Crippen molar-refractivity contribution >= 4 is 23.2 Å². The Morgan fingerprint density at radius 3 is 3.00 bits per heavy atom. The minimum Gasteiger partial charge on any atom is -0.356 e. The minimum atomic E-state index is -0.107. The summed E-state index contributed by atoms with van der Waals surface area (Å²) in [5.74, 6) is 0.430. The lowest BCUT2D eigenvalue weighted by Gasteiger charge is -2.22. The largest absolute Gasteiger partial charge is 0.356 e. The van der Waals surface area contributed by atoms with Crippen molar-refractivity contribution in [3.05, 3.63) is 22.4 Å². The van der Waals surface area contributed by atoms with Gasteiger partial charge >= 0.3 is 0 Å². The van der Waals surface area contributed by atoms with Gasteiger partial charge in [-0.2, -0.15) is 0 Å². The Morgan fingerprint density at radius 1 is 1.40 bits per heavy atom. The number of carbonyl (C=O) groups is 2. The summed E-state index contributed by atoms with van der Waals surface area (Å²) < 4.78 is 0. The molecule has 6 heteroatoms. The molecule has 20 heavy (non-hydrogen) atoms. The summed E-state index contributed by atoms with van der Waals surface area (Å²) in [4.78, 5) is 24.0. The second-order valence-electron chi connectivity index (χ2n) is 5.00. The Bertz CT molecular complexity index is 428. The van der Waals surface area contributed by atoms with Gasteiger partial charge in [0.15, 0.2) is 0 Å². The highest BCUT2D eigenvalue weighted by molar-refractivity contribution is 7.12. The van der Waals surface area contributed by atoms with Gasteiger partial charge in [-0.05, 0) is 43.3 Å². The van der Waals surface area contributed by atoms with Gasteiger partial charge in [-0.15, -0.1) is 11.3 Å². The van der Waals surface area contributed by atoms with Crippen LogP contribution in [0, 0.1) is 5.92 Å². The van der Waals surface area contributed by atoms with Gasteiger partial charge in [0.1, 0.15) is 0 Å². The Morgan fingerprint density at radius 2 is 2.30 bits per heavy atom. The van der Waals surface area contributed by atoms with Crippen molar-refractivity contribution in [1.29, 1.82) is 0 Å². The number of hydrogen-bond donors (Lipinski definition) is 3. The molecule has 3 N–H and O–H groups in total. The molecule has 0 aromatic carbocycles. The highest BCUT2D eigenvalue weighted by atomic mass is 32.1. The molecule has 0 bridgehead atoms. The lowest BCUT2D eigenvalue weighted by Crippen LogP contribution is -2.39. The van der Waals surface area contributed by atoms with Crippen LogP contribution in [0.3, 0.4) is 0 Å². The molecule has 1 atom stereocenters. The third-order valence-corrected chi connectivity index (χ3v) is 4.24. The molecule has 1 fully saturated rings. The van der Waals surface area contributed by atoms with Crippen LogP contribution >= 0.6 is 11.3 Å². The van der Waals surface area contributed by atoms with Crippen LogP contribution in [0.4, 0.5) is 0 Å². The highest BCUT2D eigenvalue weighted by Gasteiger charge is 2.13. The van der Waals surface area contributed by atoms with Crippen LogP contribution in [0.5, 0.6) is 0 Å². The van der Waals surface area contributed by atoms with E-state index in [1.165, 1.54) is 24.2 Å². The predicted octanol–water partition coefficient (Wildman–Crippen LogP) is 0.984. The quantitative estimate of drug-likeness (QED) is 0.733.